The zero-order valence-corrected chi connectivity index (χ0v) is 11.2. The molecule has 3 rings (SSSR count). The number of benzene rings is 1. The average Bonchev–Trinajstić information content (AvgIpc) is 2.85. The van der Waals surface area contributed by atoms with E-state index < -0.39 is 0 Å². The first-order valence-corrected chi connectivity index (χ1v) is 6.85. The van der Waals surface area contributed by atoms with Crippen LogP contribution in [0, 0.1) is 19.8 Å². The molecule has 2 heterocycles. The van der Waals surface area contributed by atoms with E-state index in [1.807, 2.05) is 0 Å². The highest BCUT2D eigenvalue weighted by Gasteiger charge is 2.22. The molecule has 1 N–H and O–H groups in total. The molecule has 2 aliphatic heterocycles. The Labute approximate surface area is 108 Å². The van der Waals surface area contributed by atoms with E-state index in [1.165, 1.54) is 36.1 Å². The fraction of sp³-hybridized carbons (Fsp3) is 0.600. The Balaban J connectivity index is 1.85. The minimum Gasteiger partial charge on any atom is -0.454 e. The van der Waals surface area contributed by atoms with Crippen LogP contribution in [-0.4, -0.2) is 19.9 Å². The van der Waals surface area contributed by atoms with Crippen LogP contribution in [0.25, 0.3) is 0 Å². The van der Waals surface area contributed by atoms with Crippen LogP contribution in [0.5, 0.6) is 11.5 Å². The number of fused-ring (bicyclic) bond motifs is 1. The lowest BCUT2D eigenvalue weighted by molar-refractivity contribution is 0.173. The maximum Gasteiger partial charge on any atom is 0.231 e. The van der Waals surface area contributed by atoms with Crippen LogP contribution >= 0.6 is 0 Å². The summed E-state index contributed by atoms with van der Waals surface area (Å²) in [6.07, 6.45) is 3.78. The van der Waals surface area contributed by atoms with Crippen molar-refractivity contribution in [2.75, 3.05) is 19.9 Å². The van der Waals surface area contributed by atoms with Crippen LogP contribution in [-0.2, 0) is 6.42 Å². The second-order valence-corrected chi connectivity index (χ2v) is 5.44. The van der Waals surface area contributed by atoms with Gasteiger partial charge in [0.1, 0.15) is 0 Å². The number of hydrogen-bond donors (Lipinski definition) is 1. The van der Waals surface area contributed by atoms with Crippen molar-refractivity contribution in [2.24, 2.45) is 5.92 Å². The molecule has 0 amide bonds. The molecule has 0 bridgehead atoms. The molecule has 3 heteroatoms. The van der Waals surface area contributed by atoms with Gasteiger partial charge in [-0.15, -0.1) is 0 Å². The van der Waals surface area contributed by atoms with Gasteiger partial charge in [-0.2, -0.15) is 0 Å². The van der Waals surface area contributed by atoms with Crippen molar-refractivity contribution in [1.82, 2.24) is 5.32 Å². The minimum absolute atomic E-state index is 0.365. The fourth-order valence-corrected chi connectivity index (χ4v) is 2.99. The molecule has 0 saturated carbocycles. The number of hydrogen-bond acceptors (Lipinski definition) is 3. The molecule has 18 heavy (non-hydrogen) atoms. The van der Waals surface area contributed by atoms with Crippen molar-refractivity contribution in [3.63, 3.8) is 0 Å². The number of piperidine rings is 1. The van der Waals surface area contributed by atoms with Crippen LogP contribution in [0.2, 0.25) is 0 Å². The SMILES string of the molecule is Cc1c(CC2CCCNC2)cc2c(c1C)OCO2. The highest BCUT2D eigenvalue weighted by atomic mass is 16.7. The Morgan fingerprint density at radius 1 is 1.28 bits per heavy atom. The predicted octanol–water partition coefficient (Wildman–Crippen LogP) is 2.57. The van der Waals surface area contributed by atoms with Crippen LogP contribution in [0.4, 0.5) is 0 Å². The third kappa shape index (κ3) is 2.07. The van der Waals surface area contributed by atoms with E-state index in [-0.39, 0.29) is 0 Å². The summed E-state index contributed by atoms with van der Waals surface area (Å²) in [5, 5.41) is 3.49. The predicted molar refractivity (Wildman–Crippen MR) is 71.3 cm³/mol. The monoisotopic (exact) mass is 247 g/mol. The lowest BCUT2D eigenvalue weighted by Crippen LogP contribution is -2.31. The van der Waals surface area contributed by atoms with Gasteiger partial charge in [-0.25, -0.2) is 0 Å². The molecule has 1 saturated heterocycles. The average molecular weight is 247 g/mol. The number of rotatable bonds is 2. The van der Waals surface area contributed by atoms with Gasteiger partial charge in [-0.05, 0) is 74.9 Å². The summed E-state index contributed by atoms with van der Waals surface area (Å²) < 4.78 is 11.0. The van der Waals surface area contributed by atoms with Crippen molar-refractivity contribution in [3.05, 3.63) is 22.8 Å². The number of ether oxygens (including phenoxy) is 2. The second-order valence-electron chi connectivity index (χ2n) is 5.44. The standard InChI is InChI=1S/C15H21NO2/c1-10-11(2)15-14(17-9-18-15)7-13(10)6-12-4-3-5-16-8-12/h7,12,16H,3-6,8-9H2,1-2H3. The third-order valence-corrected chi connectivity index (χ3v) is 4.24. The summed E-state index contributed by atoms with van der Waals surface area (Å²) in [5.41, 5.74) is 4.03. The van der Waals surface area contributed by atoms with Gasteiger partial charge < -0.3 is 14.8 Å². The first kappa shape index (κ1) is 11.8. The molecule has 0 spiro atoms. The molecule has 1 aromatic rings. The van der Waals surface area contributed by atoms with Crippen molar-refractivity contribution in [2.45, 2.75) is 33.1 Å². The van der Waals surface area contributed by atoms with Crippen molar-refractivity contribution in [1.29, 1.82) is 0 Å². The van der Waals surface area contributed by atoms with E-state index in [9.17, 15) is 0 Å². The molecule has 0 radical (unpaired) electrons. The largest absolute Gasteiger partial charge is 0.454 e. The van der Waals surface area contributed by atoms with Crippen LogP contribution in [0.3, 0.4) is 0 Å². The Bertz CT molecular complexity index is 450. The van der Waals surface area contributed by atoms with Gasteiger partial charge in [0.05, 0.1) is 0 Å². The molecule has 0 aliphatic carbocycles. The first-order valence-electron chi connectivity index (χ1n) is 6.85. The molecule has 1 atom stereocenters. The molecule has 2 aliphatic rings. The van der Waals surface area contributed by atoms with E-state index >= 15 is 0 Å². The molecule has 0 aromatic heterocycles. The zero-order chi connectivity index (χ0) is 12.5. The Hall–Kier alpha value is -1.22. The molecule has 1 fully saturated rings. The summed E-state index contributed by atoms with van der Waals surface area (Å²) in [6.45, 7) is 7.01. The van der Waals surface area contributed by atoms with Gasteiger partial charge in [-0.3, -0.25) is 0 Å². The van der Waals surface area contributed by atoms with Crippen LogP contribution in [0.1, 0.15) is 29.5 Å². The highest BCUT2D eigenvalue weighted by Crippen LogP contribution is 2.39. The molecular weight excluding hydrogens is 226 g/mol. The van der Waals surface area contributed by atoms with Crippen LogP contribution < -0.4 is 14.8 Å². The molecule has 1 unspecified atom stereocenters. The van der Waals surface area contributed by atoms with Gasteiger partial charge in [-0.1, -0.05) is 0 Å². The van der Waals surface area contributed by atoms with Crippen LogP contribution in [0.15, 0.2) is 6.07 Å². The lowest BCUT2D eigenvalue weighted by Gasteiger charge is -2.24. The van der Waals surface area contributed by atoms with Gasteiger partial charge in [0.15, 0.2) is 11.5 Å². The van der Waals surface area contributed by atoms with Crippen molar-refractivity contribution in [3.8, 4) is 11.5 Å². The van der Waals surface area contributed by atoms with Gasteiger partial charge in [0.2, 0.25) is 6.79 Å². The van der Waals surface area contributed by atoms with E-state index in [4.69, 9.17) is 9.47 Å². The van der Waals surface area contributed by atoms with E-state index in [1.54, 1.807) is 0 Å². The smallest absolute Gasteiger partial charge is 0.231 e. The Morgan fingerprint density at radius 2 is 2.17 bits per heavy atom. The normalized spacial score (nSPS) is 22.2. The van der Waals surface area contributed by atoms with Gasteiger partial charge in [0.25, 0.3) is 0 Å². The first-order chi connectivity index (χ1) is 8.75. The second kappa shape index (κ2) is 4.81. The zero-order valence-electron chi connectivity index (χ0n) is 11.2. The molecule has 98 valence electrons. The summed E-state index contributed by atoms with van der Waals surface area (Å²) in [7, 11) is 0. The maximum atomic E-state index is 5.53. The van der Waals surface area contributed by atoms with Gasteiger partial charge >= 0.3 is 0 Å². The van der Waals surface area contributed by atoms with Crippen molar-refractivity contribution < 1.29 is 9.47 Å². The molecular formula is C15H21NO2. The number of nitrogens with one attached hydrogen (secondary N) is 1. The quantitative estimate of drug-likeness (QED) is 0.871. The maximum absolute atomic E-state index is 5.53. The third-order valence-electron chi connectivity index (χ3n) is 4.24. The topological polar surface area (TPSA) is 30.5 Å². The van der Waals surface area contributed by atoms with E-state index in [2.05, 4.69) is 25.2 Å². The Morgan fingerprint density at radius 3 is 2.94 bits per heavy atom. The van der Waals surface area contributed by atoms with E-state index in [0.29, 0.717) is 6.79 Å². The summed E-state index contributed by atoms with van der Waals surface area (Å²) in [6, 6.07) is 2.18. The minimum atomic E-state index is 0.365. The highest BCUT2D eigenvalue weighted by molar-refractivity contribution is 5.54. The lowest BCUT2D eigenvalue weighted by atomic mass is 9.89. The van der Waals surface area contributed by atoms with E-state index in [0.717, 1.165) is 30.4 Å². The van der Waals surface area contributed by atoms with Gasteiger partial charge in [0, 0.05) is 0 Å². The molecule has 3 nitrogen and oxygen atoms in total. The summed E-state index contributed by atoms with van der Waals surface area (Å²) in [5.74, 6) is 2.63. The Kier molecular flexibility index (Phi) is 3.16. The summed E-state index contributed by atoms with van der Waals surface area (Å²) >= 11 is 0. The fourth-order valence-electron chi connectivity index (χ4n) is 2.99. The summed E-state index contributed by atoms with van der Waals surface area (Å²) in [4.78, 5) is 0. The molecule has 1 aromatic carbocycles. The van der Waals surface area contributed by atoms with Crippen molar-refractivity contribution >= 4 is 0 Å².